The molecule has 4 rings (SSSR count). The van der Waals surface area contributed by atoms with Gasteiger partial charge >= 0.3 is 6.03 Å². The summed E-state index contributed by atoms with van der Waals surface area (Å²) in [5.74, 6) is 0.985. The van der Waals surface area contributed by atoms with E-state index in [1.165, 1.54) is 5.56 Å². The van der Waals surface area contributed by atoms with Crippen molar-refractivity contribution in [1.82, 2.24) is 20.5 Å². The molecule has 0 unspecified atom stereocenters. The number of pyridine rings is 1. The van der Waals surface area contributed by atoms with E-state index in [0.717, 1.165) is 50.4 Å². The fraction of sp³-hybridized carbons (Fsp3) is 0.455. The topological polar surface area (TPSA) is 60.5 Å². The summed E-state index contributed by atoms with van der Waals surface area (Å²) < 4.78 is 0. The minimum absolute atomic E-state index is 0.115. The Hall–Kier alpha value is -2.60. The van der Waals surface area contributed by atoms with Crippen LogP contribution in [-0.2, 0) is 12.0 Å². The highest BCUT2D eigenvalue weighted by atomic mass is 16.2. The molecule has 1 aliphatic carbocycles. The normalized spacial score (nSPS) is 18.5. The number of piperazine rings is 1. The van der Waals surface area contributed by atoms with E-state index in [-0.39, 0.29) is 11.4 Å². The van der Waals surface area contributed by atoms with Crippen LogP contribution in [-0.4, -0.2) is 55.7 Å². The number of nitrogens with zero attached hydrogens (tertiary/aromatic N) is 3. The van der Waals surface area contributed by atoms with Gasteiger partial charge < -0.3 is 20.4 Å². The molecule has 0 spiro atoms. The number of benzene rings is 1. The maximum absolute atomic E-state index is 12.4. The molecular formula is C22H29N5O. The van der Waals surface area contributed by atoms with Gasteiger partial charge in [0, 0.05) is 56.4 Å². The second kappa shape index (κ2) is 8.19. The third-order valence-corrected chi connectivity index (χ3v) is 5.94. The molecule has 0 atom stereocenters. The second-order valence-electron chi connectivity index (χ2n) is 7.96. The summed E-state index contributed by atoms with van der Waals surface area (Å²) in [6, 6.07) is 14.3. The number of likely N-dealkylation sites (N-methyl/N-ethyl adjacent to an activating group) is 1. The van der Waals surface area contributed by atoms with Gasteiger partial charge in [-0.15, -0.1) is 0 Å². The average Bonchev–Trinajstić information content (AvgIpc) is 3.54. The SMILES string of the molecule is CN1CCN(c2ncccc2CNC(=O)NCC2(c3ccccc3)CC2)CC1. The van der Waals surface area contributed by atoms with E-state index in [0.29, 0.717) is 13.1 Å². The third kappa shape index (κ3) is 4.28. The predicted octanol–water partition coefficient (Wildman–Crippen LogP) is 2.36. The van der Waals surface area contributed by atoms with Gasteiger partial charge in [0.1, 0.15) is 5.82 Å². The second-order valence-corrected chi connectivity index (χ2v) is 7.96. The smallest absolute Gasteiger partial charge is 0.315 e. The number of carbonyl (C=O) groups is 1. The van der Waals surface area contributed by atoms with Crippen molar-refractivity contribution < 1.29 is 4.79 Å². The van der Waals surface area contributed by atoms with Gasteiger partial charge in [-0.1, -0.05) is 36.4 Å². The molecule has 1 saturated carbocycles. The van der Waals surface area contributed by atoms with Crippen LogP contribution in [0.15, 0.2) is 48.7 Å². The molecule has 1 aliphatic heterocycles. The Kier molecular flexibility index (Phi) is 5.48. The van der Waals surface area contributed by atoms with Gasteiger partial charge in [0.15, 0.2) is 0 Å². The fourth-order valence-corrected chi connectivity index (χ4v) is 3.87. The molecule has 0 bridgehead atoms. The summed E-state index contributed by atoms with van der Waals surface area (Å²) >= 11 is 0. The van der Waals surface area contributed by atoms with Gasteiger partial charge in [-0.05, 0) is 31.5 Å². The van der Waals surface area contributed by atoms with Crippen LogP contribution in [0.25, 0.3) is 0 Å². The number of aromatic nitrogens is 1. The van der Waals surface area contributed by atoms with Crippen LogP contribution in [0.3, 0.4) is 0 Å². The first-order chi connectivity index (χ1) is 13.7. The van der Waals surface area contributed by atoms with Crippen LogP contribution in [0.2, 0.25) is 0 Å². The number of nitrogens with one attached hydrogen (secondary N) is 2. The predicted molar refractivity (Wildman–Crippen MR) is 112 cm³/mol. The minimum atomic E-state index is -0.115. The first kappa shape index (κ1) is 18.7. The van der Waals surface area contributed by atoms with Crippen LogP contribution < -0.4 is 15.5 Å². The standard InChI is InChI=1S/C22H29N5O/c1-26-12-14-27(15-13-26)20-18(6-5-11-23-20)16-24-21(28)25-17-22(9-10-22)19-7-3-2-4-8-19/h2-8,11H,9-10,12-17H2,1H3,(H2,24,25,28). The molecule has 2 heterocycles. The van der Waals surface area contributed by atoms with Gasteiger partial charge in [-0.25, -0.2) is 9.78 Å². The molecule has 6 nitrogen and oxygen atoms in total. The summed E-state index contributed by atoms with van der Waals surface area (Å²) in [6.07, 6.45) is 4.09. The van der Waals surface area contributed by atoms with Crippen LogP contribution in [0.5, 0.6) is 0 Å². The summed E-state index contributed by atoms with van der Waals surface area (Å²) in [5.41, 5.74) is 2.50. The Balaban J connectivity index is 1.31. The fourth-order valence-electron chi connectivity index (χ4n) is 3.87. The lowest BCUT2D eigenvalue weighted by molar-refractivity contribution is 0.239. The molecule has 148 valence electrons. The highest BCUT2D eigenvalue weighted by molar-refractivity contribution is 5.74. The molecule has 1 aromatic heterocycles. The minimum Gasteiger partial charge on any atom is -0.354 e. The number of hydrogen-bond donors (Lipinski definition) is 2. The zero-order valence-electron chi connectivity index (χ0n) is 16.5. The van der Waals surface area contributed by atoms with E-state index < -0.39 is 0 Å². The zero-order chi connectivity index (χ0) is 19.4. The largest absolute Gasteiger partial charge is 0.354 e. The molecule has 1 aromatic carbocycles. The summed E-state index contributed by atoms with van der Waals surface area (Å²) in [4.78, 5) is 21.6. The maximum atomic E-state index is 12.4. The van der Waals surface area contributed by atoms with Gasteiger partial charge in [-0.3, -0.25) is 0 Å². The van der Waals surface area contributed by atoms with Gasteiger partial charge in [0.2, 0.25) is 0 Å². The van der Waals surface area contributed by atoms with E-state index >= 15 is 0 Å². The Labute approximate surface area is 166 Å². The van der Waals surface area contributed by atoms with Gasteiger partial charge in [0.05, 0.1) is 0 Å². The Bertz CT molecular complexity index is 798. The molecule has 0 radical (unpaired) electrons. The van der Waals surface area contributed by atoms with Crippen LogP contribution >= 0.6 is 0 Å². The quantitative estimate of drug-likeness (QED) is 0.809. The summed E-state index contributed by atoms with van der Waals surface area (Å²) in [6.45, 7) is 5.16. The number of urea groups is 1. The Morgan fingerprint density at radius 3 is 2.50 bits per heavy atom. The van der Waals surface area contributed by atoms with Crippen LogP contribution in [0, 0.1) is 0 Å². The zero-order valence-corrected chi connectivity index (χ0v) is 16.5. The summed E-state index contributed by atoms with van der Waals surface area (Å²) in [7, 11) is 2.14. The monoisotopic (exact) mass is 379 g/mol. The molecule has 1 saturated heterocycles. The van der Waals surface area contributed by atoms with E-state index in [9.17, 15) is 4.79 Å². The number of carbonyl (C=O) groups excluding carboxylic acids is 1. The van der Waals surface area contributed by atoms with Gasteiger partial charge in [-0.2, -0.15) is 0 Å². The number of rotatable bonds is 6. The van der Waals surface area contributed by atoms with Crippen molar-refractivity contribution >= 4 is 11.8 Å². The number of hydrogen-bond acceptors (Lipinski definition) is 4. The highest BCUT2D eigenvalue weighted by Gasteiger charge is 2.44. The van der Waals surface area contributed by atoms with Crippen molar-refractivity contribution in [2.45, 2.75) is 24.8 Å². The van der Waals surface area contributed by atoms with E-state index in [1.807, 2.05) is 24.4 Å². The number of anilines is 1. The van der Waals surface area contributed by atoms with E-state index in [1.54, 1.807) is 0 Å². The van der Waals surface area contributed by atoms with Crippen molar-refractivity contribution in [3.8, 4) is 0 Å². The van der Waals surface area contributed by atoms with E-state index in [4.69, 9.17) is 0 Å². The molecule has 6 heteroatoms. The highest BCUT2D eigenvalue weighted by Crippen LogP contribution is 2.47. The Morgan fingerprint density at radius 1 is 1.04 bits per heavy atom. The number of amides is 2. The lowest BCUT2D eigenvalue weighted by Crippen LogP contribution is -2.45. The first-order valence-electron chi connectivity index (χ1n) is 10.1. The van der Waals surface area contributed by atoms with Crippen LogP contribution in [0.4, 0.5) is 10.6 Å². The maximum Gasteiger partial charge on any atom is 0.315 e. The van der Waals surface area contributed by atoms with Crippen molar-refractivity contribution in [1.29, 1.82) is 0 Å². The first-order valence-corrected chi connectivity index (χ1v) is 10.1. The van der Waals surface area contributed by atoms with Crippen molar-refractivity contribution in [2.75, 3.05) is 44.7 Å². The van der Waals surface area contributed by atoms with Crippen molar-refractivity contribution in [3.63, 3.8) is 0 Å². The molecule has 2 aliphatic rings. The lowest BCUT2D eigenvalue weighted by atomic mass is 9.96. The molecule has 28 heavy (non-hydrogen) atoms. The molecule has 2 N–H and O–H groups in total. The third-order valence-electron chi connectivity index (χ3n) is 5.94. The summed E-state index contributed by atoms with van der Waals surface area (Å²) in [5, 5.41) is 6.08. The van der Waals surface area contributed by atoms with Crippen molar-refractivity contribution in [2.24, 2.45) is 0 Å². The van der Waals surface area contributed by atoms with E-state index in [2.05, 4.69) is 56.7 Å². The molecular weight excluding hydrogens is 350 g/mol. The molecule has 2 amide bonds. The van der Waals surface area contributed by atoms with Gasteiger partial charge in [0.25, 0.3) is 0 Å². The van der Waals surface area contributed by atoms with Crippen LogP contribution in [0.1, 0.15) is 24.0 Å². The van der Waals surface area contributed by atoms with Crippen molar-refractivity contribution in [3.05, 3.63) is 59.8 Å². The molecule has 2 fully saturated rings. The molecule has 2 aromatic rings. The lowest BCUT2D eigenvalue weighted by Gasteiger charge is -2.34. The Morgan fingerprint density at radius 2 is 1.79 bits per heavy atom. The average molecular weight is 380 g/mol.